The summed E-state index contributed by atoms with van der Waals surface area (Å²) < 4.78 is 32.2. The van der Waals surface area contributed by atoms with Crippen molar-refractivity contribution >= 4 is 10.0 Å². The average Bonchev–Trinajstić information content (AvgIpc) is 2.47. The fourth-order valence-corrected chi connectivity index (χ4v) is 3.47. The number of rotatable bonds is 6. The van der Waals surface area contributed by atoms with E-state index in [1.165, 1.54) is 0 Å². The molecule has 1 atom stereocenters. The Morgan fingerprint density at radius 1 is 1.10 bits per heavy atom. The molecular formula is C16H19NO3S. The summed E-state index contributed by atoms with van der Waals surface area (Å²) in [6, 6.07) is 16.2. The van der Waals surface area contributed by atoms with Gasteiger partial charge in [-0.25, -0.2) is 13.1 Å². The van der Waals surface area contributed by atoms with Gasteiger partial charge in [-0.2, -0.15) is 0 Å². The summed E-state index contributed by atoms with van der Waals surface area (Å²) in [4.78, 5) is 0. The molecule has 4 nitrogen and oxygen atoms in total. The highest BCUT2D eigenvalue weighted by atomic mass is 32.2. The highest BCUT2D eigenvalue weighted by Gasteiger charge is 2.16. The lowest BCUT2D eigenvalue weighted by Gasteiger charge is -2.15. The monoisotopic (exact) mass is 305 g/mol. The van der Waals surface area contributed by atoms with E-state index in [9.17, 15) is 8.42 Å². The zero-order valence-corrected chi connectivity index (χ0v) is 12.9. The van der Waals surface area contributed by atoms with E-state index in [4.69, 9.17) is 4.74 Å². The van der Waals surface area contributed by atoms with Crippen LogP contribution in [0.2, 0.25) is 0 Å². The van der Waals surface area contributed by atoms with Gasteiger partial charge in [0.05, 0.1) is 12.9 Å². The normalized spacial score (nSPS) is 12.9. The van der Waals surface area contributed by atoms with Crippen molar-refractivity contribution in [3.8, 4) is 5.75 Å². The molecule has 0 aromatic heterocycles. The van der Waals surface area contributed by atoms with Crippen LogP contribution in [0.15, 0.2) is 54.6 Å². The number of ether oxygens (including phenoxy) is 1. The maximum absolute atomic E-state index is 12.2. The maximum Gasteiger partial charge on any atom is 0.216 e. The van der Waals surface area contributed by atoms with Crippen LogP contribution >= 0.6 is 0 Å². The first-order valence-corrected chi connectivity index (χ1v) is 8.33. The summed E-state index contributed by atoms with van der Waals surface area (Å²) in [6.07, 6.45) is 0. The van der Waals surface area contributed by atoms with Crippen LogP contribution in [0, 0.1) is 0 Å². The average molecular weight is 305 g/mol. The van der Waals surface area contributed by atoms with Crippen LogP contribution in [0.5, 0.6) is 5.75 Å². The Kier molecular flexibility index (Phi) is 4.98. The smallest absolute Gasteiger partial charge is 0.216 e. The summed E-state index contributed by atoms with van der Waals surface area (Å²) in [6.45, 7) is 1.82. The molecule has 0 aliphatic heterocycles. The number of hydrogen-bond donors (Lipinski definition) is 1. The number of benzene rings is 2. The molecule has 2 rings (SSSR count). The molecule has 0 amide bonds. The molecule has 0 saturated carbocycles. The fraction of sp³-hybridized carbons (Fsp3) is 0.250. The van der Waals surface area contributed by atoms with Crippen LogP contribution in [0.4, 0.5) is 0 Å². The van der Waals surface area contributed by atoms with E-state index in [1.54, 1.807) is 19.2 Å². The maximum atomic E-state index is 12.2. The summed E-state index contributed by atoms with van der Waals surface area (Å²) in [5.74, 6) is 0.684. The molecular weight excluding hydrogens is 286 g/mol. The van der Waals surface area contributed by atoms with Crippen LogP contribution in [-0.2, 0) is 15.8 Å². The van der Waals surface area contributed by atoms with Crippen LogP contribution in [-0.4, -0.2) is 15.5 Å². The van der Waals surface area contributed by atoms with Gasteiger partial charge in [0.2, 0.25) is 10.0 Å². The van der Waals surface area contributed by atoms with Gasteiger partial charge in [-0.3, -0.25) is 0 Å². The molecule has 0 fully saturated rings. The largest absolute Gasteiger partial charge is 0.497 e. The summed E-state index contributed by atoms with van der Waals surface area (Å²) in [5.41, 5.74) is 1.63. The number of sulfonamides is 1. The van der Waals surface area contributed by atoms with Crippen LogP contribution < -0.4 is 9.46 Å². The van der Waals surface area contributed by atoms with Crippen molar-refractivity contribution in [1.29, 1.82) is 0 Å². The second-order valence-corrected chi connectivity index (χ2v) is 6.61. The first-order chi connectivity index (χ1) is 10.00. The predicted octanol–water partition coefficient (Wildman–Crippen LogP) is 2.88. The van der Waals surface area contributed by atoms with Crippen molar-refractivity contribution in [3.05, 3.63) is 65.7 Å². The number of methoxy groups -OCH3 is 1. The lowest BCUT2D eigenvalue weighted by Crippen LogP contribution is -2.28. The van der Waals surface area contributed by atoms with E-state index in [0.717, 1.165) is 11.1 Å². The highest BCUT2D eigenvalue weighted by molar-refractivity contribution is 7.88. The van der Waals surface area contributed by atoms with Gasteiger partial charge in [-0.05, 0) is 30.2 Å². The zero-order valence-electron chi connectivity index (χ0n) is 12.1. The fourth-order valence-electron chi connectivity index (χ4n) is 2.08. The van der Waals surface area contributed by atoms with Gasteiger partial charge < -0.3 is 4.74 Å². The third-order valence-electron chi connectivity index (χ3n) is 3.15. The SMILES string of the molecule is COc1cccc([C@@H](C)NS(=O)(=O)Cc2ccccc2)c1. The molecule has 0 saturated heterocycles. The highest BCUT2D eigenvalue weighted by Crippen LogP contribution is 2.20. The van der Waals surface area contributed by atoms with Gasteiger partial charge in [0.15, 0.2) is 0 Å². The van der Waals surface area contributed by atoms with Gasteiger partial charge in [-0.15, -0.1) is 0 Å². The molecule has 21 heavy (non-hydrogen) atoms. The summed E-state index contributed by atoms with van der Waals surface area (Å²) in [5, 5.41) is 0. The first kappa shape index (κ1) is 15.5. The molecule has 1 N–H and O–H groups in total. The third-order valence-corrected chi connectivity index (χ3v) is 4.58. The van der Waals surface area contributed by atoms with Gasteiger partial charge in [0.25, 0.3) is 0 Å². The van der Waals surface area contributed by atoms with Crippen molar-refractivity contribution in [2.75, 3.05) is 7.11 Å². The molecule has 0 radical (unpaired) electrons. The van der Waals surface area contributed by atoms with Gasteiger partial charge in [-0.1, -0.05) is 42.5 Å². The minimum Gasteiger partial charge on any atom is -0.497 e. The Balaban J connectivity index is 2.08. The molecule has 5 heteroatoms. The topological polar surface area (TPSA) is 55.4 Å². The minimum absolute atomic E-state index is 0.0256. The van der Waals surface area contributed by atoms with Crippen molar-refractivity contribution in [1.82, 2.24) is 4.72 Å². The Labute approximate surface area is 125 Å². The van der Waals surface area contributed by atoms with E-state index in [0.29, 0.717) is 5.75 Å². The lowest BCUT2D eigenvalue weighted by molar-refractivity contribution is 0.413. The Hall–Kier alpha value is -1.85. The number of nitrogens with one attached hydrogen (secondary N) is 1. The standard InChI is InChI=1S/C16H19NO3S/c1-13(15-9-6-10-16(11-15)20-2)17-21(18,19)12-14-7-4-3-5-8-14/h3-11,13,17H,12H2,1-2H3/t13-/m1/s1. The van der Waals surface area contributed by atoms with Crippen LogP contribution in [0.3, 0.4) is 0 Å². The van der Waals surface area contributed by atoms with E-state index in [2.05, 4.69) is 4.72 Å². The molecule has 0 aliphatic rings. The van der Waals surface area contributed by atoms with Gasteiger partial charge in [0, 0.05) is 6.04 Å². The molecule has 2 aromatic rings. The molecule has 0 heterocycles. The quantitative estimate of drug-likeness (QED) is 0.893. The van der Waals surface area contributed by atoms with Crippen molar-refractivity contribution < 1.29 is 13.2 Å². The van der Waals surface area contributed by atoms with Gasteiger partial charge >= 0.3 is 0 Å². The van der Waals surface area contributed by atoms with E-state index < -0.39 is 10.0 Å². The Morgan fingerprint density at radius 2 is 1.81 bits per heavy atom. The zero-order chi connectivity index (χ0) is 15.3. The van der Waals surface area contributed by atoms with Crippen LogP contribution in [0.25, 0.3) is 0 Å². The van der Waals surface area contributed by atoms with E-state index >= 15 is 0 Å². The lowest BCUT2D eigenvalue weighted by atomic mass is 10.1. The van der Waals surface area contributed by atoms with Gasteiger partial charge in [0.1, 0.15) is 5.75 Å². The Morgan fingerprint density at radius 3 is 2.48 bits per heavy atom. The molecule has 0 unspecified atom stereocenters. The first-order valence-electron chi connectivity index (χ1n) is 6.68. The number of hydrogen-bond acceptors (Lipinski definition) is 3. The minimum atomic E-state index is -3.39. The van der Waals surface area contributed by atoms with Crippen molar-refractivity contribution in [2.24, 2.45) is 0 Å². The predicted molar refractivity (Wildman–Crippen MR) is 83.6 cm³/mol. The Bertz CT molecular complexity index is 684. The van der Waals surface area contributed by atoms with Crippen LogP contribution in [0.1, 0.15) is 24.1 Å². The third kappa shape index (κ3) is 4.58. The molecule has 0 spiro atoms. The van der Waals surface area contributed by atoms with E-state index in [-0.39, 0.29) is 11.8 Å². The summed E-state index contributed by atoms with van der Waals surface area (Å²) in [7, 11) is -1.81. The molecule has 2 aromatic carbocycles. The molecule has 0 bridgehead atoms. The second kappa shape index (κ2) is 6.74. The van der Waals surface area contributed by atoms with E-state index in [1.807, 2.05) is 49.4 Å². The van der Waals surface area contributed by atoms with Crippen molar-refractivity contribution in [2.45, 2.75) is 18.7 Å². The summed E-state index contributed by atoms with van der Waals surface area (Å²) >= 11 is 0. The molecule has 0 aliphatic carbocycles. The molecule has 112 valence electrons. The second-order valence-electron chi connectivity index (χ2n) is 4.86. The van der Waals surface area contributed by atoms with Crippen molar-refractivity contribution in [3.63, 3.8) is 0 Å².